The molecule has 4 unspecified atom stereocenters. The molecule has 3 nitrogen and oxygen atoms in total. The first-order valence-corrected chi connectivity index (χ1v) is 10.7. The average Bonchev–Trinajstić information content (AvgIpc) is 2.74. The van der Waals surface area contributed by atoms with Crippen LogP contribution in [-0.2, 0) is 0 Å². The Labute approximate surface area is 167 Å². The number of ketones is 1. The molecule has 0 aliphatic heterocycles. The van der Waals surface area contributed by atoms with E-state index < -0.39 is 0 Å². The van der Waals surface area contributed by atoms with Crippen molar-refractivity contribution in [3.63, 3.8) is 0 Å². The number of carbonyl (C=O) groups is 1. The Kier molecular flexibility index (Phi) is 5.93. The summed E-state index contributed by atoms with van der Waals surface area (Å²) in [4.78, 5) is 12.9. The highest BCUT2D eigenvalue weighted by molar-refractivity contribution is 6.09. The number of carbonyl (C=O) groups excluding carboxylic acids is 1. The minimum Gasteiger partial charge on any atom is -0.392 e. The van der Waals surface area contributed by atoms with Gasteiger partial charge in [0.2, 0.25) is 0 Å². The number of aliphatic hydroxyl groups excluding tert-OH is 2. The summed E-state index contributed by atoms with van der Waals surface area (Å²) >= 11 is 0. The van der Waals surface area contributed by atoms with Crippen molar-refractivity contribution < 1.29 is 15.0 Å². The van der Waals surface area contributed by atoms with Gasteiger partial charge < -0.3 is 10.2 Å². The van der Waals surface area contributed by atoms with Crippen molar-refractivity contribution in [1.82, 2.24) is 0 Å². The molecule has 2 aromatic carbocycles. The molecule has 0 amide bonds. The normalized spacial score (nSPS) is 28.1. The lowest BCUT2D eigenvalue weighted by Crippen LogP contribution is -2.22. The minimum atomic E-state index is -0.266. The summed E-state index contributed by atoms with van der Waals surface area (Å²) in [6.07, 6.45) is 7.75. The van der Waals surface area contributed by atoms with Crippen LogP contribution in [0.3, 0.4) is 0 Å². The maximum atomic E-state index is 12.9. The van der Waals surface area contributed by atoms with Crippen LogP contribution in [0.25, 0.3) is 0 Å². The van der Waals surface area contributed by atoms with Crippen molar-refractivity contribution in [3.05, 3.63) is 70.8 Å². The van der Waals surface area contributed by atoms with Crippen LogP contribution in [0.1, 0.15) is 90.3 Å². The molecule has 2 aromatic rings. The maximum absolute atomic E-state index is 12.9. The number of hydrogen-bond acceptors (Lipinski definition) is 3. The first-order chi connectivity index (χ1) is 13.6. The van der Waals surface area contributed by atoms with E-state index in [-0.39, 0.29) is 29.8 Å². The molecule has 2 aliphatic rings. The third-order valence-electron chi connectivity index (χ3n) is 6.66. The third-order valence-corrected chi connectivity index (χ3v) is 6.66. The third kappa shape index (κ3) is 4.06. The Balaban J connectivity index is 1.46. The smallest absolute Gasteiger partial charge is 0.193 e. The highest BCUT2D eigenvalue weighted by Crippen LogP contribution is 2.34. The van der Waals surface area contributed by atoms with Crippen molar-refractivity contribution in [2.24, 2.45) is 0 Å². The van der Waals surface area contributed by atoms with Crippen molar-refractivity contribution in [3.8, 4) is 0 Å². The first kappa shape index (κ1) is 19.4. The second-order valence-electron chi connectivity index (χ2n) is 8.49. The highest BCUT2D eigenvalue weighted by atomic mass is 16.3. The van der Waals surface area contributed by atoms with E-state index in [1.54, 1.807) is 0 Å². The fourth-order valence-corrected chi connectivity index (χ4v) is 4.93. The SMILES string of the molecule is O=C(c1ccc(C2CCCCC2O)cc1)c1ccc(C2CCCCC2O)cc1. The van der Waals surface area contributed by atoms with Gasteiger partial charge in [0, 0.05) is 23.0 Å². The van der Waals surface area contributed by atoms with Gasteiger partial charge >= 0.3 is 0 Å². The number of rotatable bonds is 4. The Morgan fingerprint density at radius 1 is 0.607 bits per heavy atom. The molecule has 0 bridgehead atoms. The van der Waals surface area contributed by atoms with E-state index in [4.69, 9.17) is 0 Å². The molecule has 0 heterocycles. The van der Waals surface area contributed by atoms with Crippen molar-refractivity contribution >= 4 is 5.78 Å². The van der Waals surface area contributed by atoms with E-state index in [1.165, 1.54) is 0 Å². The summed E-state index contributed by atoms with van der Waals surface area (Å²) in [7, 11) is 0. The lowest BCUT2D eigenvalue weighted by atomic mass is 9.81. The van der Waals surface area contributed by atoms with E-state index in [0.717, 1.165) is 62.5 Å². The highest BCUT2D eigenvalue weighted by Gasteiger charge is 2.26. The number of aliphatic hydroxyl groups is 2. The standard InChI is InChI=1S/C25H30O3/c26-23-7-3-1-5-21(23)17-9-13-19(14-10-17)25(28)20-15-11-18(12-16-20)22-6-2-4-8-24(22)27/h9-16,21-24,26-27H,1-8H2. The predicted octanol–water partition coefficient (Wildman–Crippen LogP) is 4.95. The zero-order valence-corrected chi connectivity index (χ0v) is 16.4. The zero-order chi connectivity index (χ0) is 19.5. The molecule has 0 spiro atoms. The van der Waals surface area contributed by atoms with Gasteiger partial charge in [0.15, 0.2) is 5.78 Å². The summed E-state index contributed by atoms with van der Waals surface area (Å²) in [6.45, 7) is 0. The Bertz CT molecular complexity index is 726. The van der Waals surface area contributed by atoms with Crippen molar-refractivity contribution in [1.29, 1.82) is 0 Å². The quantitative estimate of drug-likeness (QED) is 0.740. The van der Waals surface area contributed by atoms with Crippen LogP contribution in [0, 0.1) is 0 Å². The molecule has 2 aliphatic carbocycles. The molecule has 2 saturated carbocycles. The molecule has 2 fully saturated rings. The summed E-state index contributed by atoms with van der Waals surface area (Å²) < 4.78 is 0. The van der Waals surface area contributed by atoms with Gasteiger partial charge in [-0.3, -0.25) is 4.79 Å². The Hall–Kier alpha value is -1.97. The molecule has 0 radical (unpaired) electrons. The van der Waals surface area contributed by atoms with Gasteiger partial charge in [-0.25, -0.2) is 0 Å². The van der Waals surface area contributed by atoms with E-state index in [9.17, 15) is 15.0 Å². The molecule has 4 rings (SSSR count). The number of benzene rings is 2. The van der Waals surface area contributed by atoms with Crippen LogP contribution in [0.5, 0.6) is 0 Å². The van der Waals surface area contributed by atoms with Crippen LogP contribution < -0.4 is 0 Å². The molecule has 0 saturated heterocycles. The van der Waals surface area contributed by atoms with Gasteiger partial charge in [-0.05, 0) is 36.8 Å². The summed E-state index contributed by atoms with van der Waals surface area (Å²) in [5.74, 6) is 0.407. The van der Waals surface area contributed by atoms with Gasteiger partial charge in [0.1, 0.15) is 0 Å². The summed E-state index contributed by atoms with van der Waals surface area (Å²) in [5.41, 5.74) is 3.62. The molecule has 2 N–H and O–H groups in total. The van der Waals surface area contributed by atoms with Crippen LogP contribution in [0.2, 0.25) is 0 Å². The van der Waals surface area contributed by atoms with Gasteiger partial charge in [0.25, 0.3) is 0 Å². The molecule has 28 heavy (non-hydrogen) atoms. The monoisotopic (exact) mass is 378 g/mol. The average molecular weight is 379 g/mol. The van der Waals surface area contributed by atoms with Crippen molar-refractivity contribution in [2.45, 2.75) is 75.4 Å². The molecule has 3 heteroatoms. The molecule has 4 atom stereocenters. The van der Waals surface area contributed by atoms with Crippen LogP contribution >= 0.6 is 0 Å². The topological polar surface area (TPSA) is 57.5 Å². The predicted molar refractivity (Wildman–Crippen MR) is 111 cm³/mol. The Morgan fingerprint density at radius 3 is 1.32 bits per heavy atom. The number of hydrogen-bond donors (Lipinski definition) is 2. The maximum Gasteiger partial charge on any atom is 0.193 e. The second kappa shape index (κ2) is 8.59. The lowest BCUT2D eigenvalue weighted by Gasteiger charge is -2.28. The molecule has 0 aromatic heterocycles. The van der Waals surface area contributed by atoms with Crippen LogP contribution in [0.4, 0.5) is 0 Å². The van der Waals surface area contributed by atoms with Crippen LogP contribution in [0.15, 0.2) is 48.5 Å². The van der Waals surface area contributed by atoms with Gasteiger partial charge in [-0.1, -0.05) is 74.2 Å². The van der Waals surface area contributed by atoms with E-state index in [0.29, 0.717) is 11.1 Å². The fraction of sp³-hybridized carbons (Fsp3) is 0.480. The van der Waals surface area contributed by atoms with Gasteiger partial charge in [-0.2, -0.15) is 0 Å². The van der Waals surface area contributed by atoms with Gasteiger partial charge in [0.05, 0.1) is 12.2 Å². The lowest BCUT2D eigenvalue weighted by molar-refractivity contribution is 0.103. The summed E-state index contributed by atoms with van der Waals surface area (Å²) in [6, 6.07) is 15.5. The fourth-order valence-electron chi connectivity index (χ4n) is 4.93. The van der Waals surface area contributed by atoms with E-state index in [2.05, 4.69) is 0 Å². The van der Waals surface area contributed by atoms with E-state index >= 15 is 0 Å². The molecular formula is C25H30O3. The zero-order valence-electron chi connectivity index (χ0n) is 16.4. The summed E-state index contributed by atoms with van der Waals surface area (Å²) in [5, 5.41) is 20.5. The minimum absolute atomic E-state index is 0.0199. The largest absolute Gasteiger partial charge is 0.392 e. The van der Waals surface area contributed by atoms with E-state index in [1.807, 2.05) is 48.5 Å². The van der Waals surface area contributed by atoms with Crippen LogP contribution in [-0.4, -0.2) is 28.2 Å². The molecule has 148 valence electrons. The first-order valence-electron chi connectivity index (χ1n) is 10.7. The second-order valence-corrected chi connectivity index (χ2v) is 8.49. The Morgan fingerprint density at radius 2 is 0.964 bits per heavy atom. The van der Waals surface area contributed by atoms with Gasteiger partial charge in [-0.15, -0.1) is 0 Å². The molecular weight excluding hydrogens is 348 g/mol. The van der Waals surface area contributed by atoms with Crippen molar-refractivity contribution in [2.75, 3.05) is 0 Å².